The molecule has 6 rings (SSSR count). The topological polar surface area (TPSA) is 104 Å². The third-order valence-electron chi connectivity index (χ3n) is 10.7. The summed E-state index contributed by atoms with van der Waals surface area (Å²) in [6.45, 7) is 5.37. The number of benzene rings is 2. The van der Waals surface area contributed by atoms with E-state index in [1.165, 1.54) is 31.2 Å². The predicted octanol–water partition coefficient (Wildman–Crippen LogP) is 8.49. The summed E-state index contributed by atoms with van der Waals surface area (Å²) < 4.78 is 71.7. The van der Waals surface area contributed by atoms with Crippen LogP contribution in [0.3, 0.4) is 0 Å². The van der Waals surface area contributed by atoms with Gasteiger partial charge in [0.25, 0.3) is 5.91 Å². The molecule has 1 unspecified atom stereocenters. The first-order valence-electron chi connectivity index (χ1n) is 16.0. The van der Waals surface area contributed by atoms with Crippen LogP contribution in [0.2, 0.25) is 0 Å². The predicted molar refractivity (Wildman–Crippen MR) is 165 cm³/mol. The Balaban J connectivity index is 0.00000213. The van der Waals surface area contributed by atoms with Gasteiger partial charge in [0.05, 0.1) is 5.56 Å². The number of carbonyl (C=O) groups excluding carboxylic acids is 2. The second-order valence-electron chi connectivity index (χ2n) is 12.9. The molecule has 252 valence electrons. The van der Waals surface area contributed by atoms with Crippen LogP contribution in [0.15, 0.2) is 71.3 Å². The summed E-state index contributed by atoms with van der Waals surface area (Å²) in [6.07, 6.45) is -3.39. The molecule has 0 spiro atoms. The van der Waals surface area contributed by atoms with Crippen molar-refractivity contribution in [2.45, 2.75) is 89.3 Å². The van der Waals surface area contributed by atoms with E-state index in [0.717, 1.165) is 16.7 Å². The number of rotatable bonds is 5. The van der Waals surface area contributed by atoms with Crippen molar-refractivity contribution < 1.29 is 46.5 Å². The van der Waals surface area contributed by atoms with Crippen molar-refractivity contribution in [3.8, 4) is 0 Å². The third-order valence-corrected chi connectivity index (χ3v) is 10.7. The highest BCUT2D eigenvalue weighted by Crippen LogP contribution is 2.70. The van der Waals surface area contributed by atoms with Crippen LogP contribution in [-0.2, 0) is 4.79 Å². The lowest BCUT2D eigenvalue weighted by Gasteiger charge is -2.56. The third kappa shape index (κ3) is 5.60. The summed E-state index contributed by atoms with van der Waals surface area (Å²) in [5, 5.41) is 23.2. The number of hydrogen-bond donors (Lipinski definition) is 3. The molecule has 2 saturated carbocycles. The normalized spacial score (nSPS) is 28.7. The van der Waals surface area contributed by atoms with Crippen LogP contribution in [0.25, 0.3) is 0 Å². The molecule has 0 bridgehead atoms. The average Bonchev–Trinajstić information content (AvgIpc) is 3.32. The van der Waals surface area contributed by atoms with E-state index >= 15 is 8.78 Å². The van der Waals surface area contributed by atoms with Gasteiger partial charge in [-0.25, -0.2) is 4.79 Å². The quantitative estimate of drug-likeness (QED) is 0.280. The Morgan fingerprint density at radius 1 is 0.894 bits per heavy atom. The summed E-state index contributed by atoms with van der Waals surface area (Å²) in [5.41, 5.74) is -0.989. The zero-order valence-electron chi connectivity index (χ0n) is 26.4. The Labute approximate surface area is 269 Å². The lowest BCUT2D eigenvalue weighted by molar-refractivity contribution is -0.362. The average molecular weight is 660 g/mol. The summed E-state index contributed by atoms with van der Waals surface area (Å²) in [6, 6.07) is 12.0. The minimum atomic E-state index is -5.93. The summed E-state index contributed by atoms with van der Waals surface area (Å²) in [7, 11) is 0. The Hall–Kier alpha value is -3.86. The summed E-state index contributed by atoms with van der Waals surface area (Å²) >= 11 is 0. The molecule has 0 aromatic heterocycles. The van der Waals surface area contributed by atoms with Gasteiger partial charge in [0.1, 0.15) is 5.60 Å². The largest absolute Gasteiger partial charge is 0.478 e. The highest BCUT2D eigenvalue weighted by atomic mass is 19.4. The minimum Gasteiger partial charge on any atom is -0.478 e. The maximum absolute atomic E-state index is 15.2. The molecule has 2 aromatic carbocycles. The van der Waals surface area contributed by atoms with Crippen LogP contribution in [0.4, 0.5) is 27.6 Å². The van der Waals surface area contributed by atoms with Crippen LogP contribution in [-0.4, -0.2) is 45.6 Å². The highest BCUT2D eigenvalue weighted by molar-refractivity contribution is 6.04. The van der Waals surface area contributed by atoms with Crippen molar-refractivity contribution in [3.05, 3.63) is 88.0 Å². The number of halogens is 5. The summed E-state index contributed by atoms with van der Waals surface area (Å²) in [4.78, 5) is 36.3. The lowest BCUT2D eigenvalue weighted by atomic mass is 9.50. The number of ketones is 1. The zero-order chi connectivity index (χ0) is 34.5. The van der Waals surface area contributed by atoms with E-state index in [4.69, 9.17) is 5.11 Å². The fourth-order valence-corrected chi connectivity index (χ4v) is 8.48. The Bertz CT molecular complexity index is 1630. The molecular weight excluding hydrogens is 621 g/mol. The first-order chi connectivity index (χ1) is 22.1. The summed E-state index contributed by atoms with van der Waals surface area (Å²) in [5.74, 6) is -8.47. The van der Waals surface area contributed by atoms with Crippen LogP contribution >= 0.6 is 0 Å². The fraction of sp³-hybridized carbons (Fsp3) is 0.472. The SMILES string of the molecule is CC.C[C@]12C[C@H](c3ccc(C(=O)Nc4ccc(C(=O)O)cc4)cc3)C3=C4CCC(=O)C=C4CC[C@H]3C1CC[C@@]2(O)C(F)(F)C(F)(F)F. The second kappa shape index (κ2) is 12.3. The number of anilines is 1. The molecule has 11 heteroatoms. The van der Waals surface area contributed by atoms with Crippen LogP contribution < -0.4 is 5.32 Å². The van der Waals surface area contributed by atoms with Gasteiger partial charge in [-0.1, -0.05) is 38.5 Å². The smallest absolute Gasteiger partial charge is 0.456 e. The molecular formula is C36H38F5NO5. The van der Waals surface area contributed by atoms with E-state index in [1.807, 2.05) is 13.8 Å². The molecule has 0 heterocycles. The van der Waals surface area contributed by atoms with Crippen molar-refractivity contribution in [2.75, 3.05) is 5.32 Å². The van der Waals surface area contributed by atoms with Gasteiger partial charge in [-0.15, -0.1) is 0 Å². The van der Waals surface area contributed by atoms with Gasteiger partial charge in [-0.05, 0) is 110 Å². The van der Waals surface area contributed by atoms with Crippen molar-refractivity contribution in [3.63, 3.8) is 0 Å². The standard InChI is InChI=1S/C34H32F5NO5.C2H6/c1-31-17-26(18-2-4-19(5-3-18)29(42)40-22-9-6-20(7-10-22)30(43)44)28-24-13-11-23(41)16-21(24)8-12-25(28)27(31)14-15-32(31,45)33(35,36)34(37,38)39;1-2/h2-7,9-10,16,25-27,45H,8,11-15,17H2,1H3,(H,40,42)(H,43,44);1-2H3/t25-,26+,27?,31-,32-;/m0./s1. The van der Waals surface area contributed by atoms with Crippen LogP contribution in [0, 0.1) is 17.3 Å². The van der Waals surface area contributed by atoms with Crippen LogP contribution in [0.5, 0.6) is 0 Å². The number of aliphatic hydroxyl groups is 1. The maximum atomic E-state index is 15.2. The molecule has 0 saturated heterocycles. The number of nitrogens with one attached hydrogen (secondary N) is 1. The van der Waals surface area contributed by atoms with Crippen molar-refractivity contribution in [1.29, 1.82) is 0 Å². The van der Waals surface area contributed by atoms with E-state index in [1.54, 1.807) is 30.3 Å². The zero-order valence-corrected chi connectivity index (χ0v) is 26.4. The monoisotopic (exact) mass is 659 g/mol. The molecule has 1 amide bonds. The van der Waals surface area contributed by atoms with Gasteiger partial charge in [-0.2, -0.15) is 22.0 Å². The van der Waals surface area contributed by atoms with Gasteiger partial charge < -0.3 is 15.5 Å². The molecule has 0 radical (unpaired) electrons. The molecule has 4 aliphatic carbocycles. The fourth-order valence-electron chi connectivity index (χ4n) is 8.48. The molecule has 3 N–H and O–H groups in total. The van der Waals surface area contributed by atoms with Gasteiger partial charge >= 0.3 is 18.1 Å². The maximum Gasteiger partial charge on any atom is 0.456 e. The number of fused-ring (bicyclic) bond motifs is 4. The first kappa shape index (κ1) is 34.5. The molecule has 5 atom stereocenters. The van der Waals surface area contributed by atoms with E-state index in [-0.39, 0.29) is 42.1 Å². The van der Waals surface area contributed by atoms with E-state index in [2.05, 4.69) is 5.32 Å². The number of allylic oxidation sites excluding steroid dienone is 4. The highest BCUT2D eigenvalue weighted by Gasteiger charge is 2.79. The van der Waals surface area contributed by atoms with Crippen molar-refractivity contribution >= 4 is 23.3 Å². The van der Waals surface area contributed by atoms with E-state index in [9.17, 15) is 32.7 Å². The number of hydrogen-bond acceptors (Lipinski definition) is 4. The molecule has 4 aliphatic rings. The van der Waals surface area contributed by atoms with Crippen LogP contribution in [0.1, 0.15) is 97.9 Å². The number of carbonyl (C=O) groups is 3. The molecule has 6 nitrogen and oxygen atoms in total. The van der Waals surface area contributed by atoms with Gasteiger partial charge in [0.2, 0.25) is 0 Å². The Morgan fingerprint density at radius 3 is 2.11 bits per heavy atom. The van der Waals surface area contributed by atoms with Gasteiger partial charge in [0, 0.05) is 29.0 Å². The van der Waals surface area contributed by atoms with Gasteiger partial charge in [-0.3, -0.25) is 9.59 Å². The van der Waals surface area contributed by atoms with E-state index in [0.29, 0.717) is 30.5 Å². The minimum absolute atomic E-state index is 0.00183. The first-order valence-corrected chi connectivity index (χ1v) is 16.0. The van der Waals surface area contributed by atoms with Crippen molar-refractivity contribution in [1.82, 2.24) is 0 Å². The van der Waals surface area contributed by atoms with E-state index < -0.39 is 53.2 Å². The number of carboxylic acids is 1. The lowest BCUT2D eigenvalue weighted by Crippen LogP contribution is -2.65. The van der Waals surface area contributed by atoms with Gasteiger partial charge in [0.15, 0.2) is 5.78 Å². The number of aromatic carboxylic acids is 1. The molecule has 0 aliphatic heterocycles. The molecule has 47 heavy (non-hydrogen) atoms. The number of amides is 1. The molecule has 2 fully saturated rings. The second-order valence-corrected chi connectivity index (χ2v) is 12.9. The Kier molecular flexibility index (Phi) is 9.02. The Morgan fingerprint density at radius 2 is 1.51 bits per heavy atom. The van der Waals surface area contributed by atoms with Crippen molar-refractivity contribution in [2.24, 2.45) is 17.3 Å². The number of carboxylic acid groups (broad SMARTS) is 1. The molecule has 2 aromatic rings. The number of alkyl halides is 5.